The number of nitrogen functional groups attached to an aromatic ring is 1. The molecule has 0 spiro atoms. The van der Waals surface area contributed by atoms with Gasteiger partial charge < -0.3 is 16.0 Å². The fraction of sp³-hybridized carbons (Fsp3) is 0.400. The number of aromatic nitrogens is 2. The summed E-state index contributed by atoms with van der Waals surface area (Å²) in [5.74, 6) is 1.57. The summed E-state index contributed by atoms with van der Waals surface area (Å²) >= 11 is 1.46. The van der Waals surface area contributed by atoms with E-state index in [1.165, 1.54) is 11.3 Å². The molecule has 116 valence electrons. The Bertz CT molecular complexity index is 631. The molecule has 0 aliphatic carbocycles. The van der Waals surface area contributed by atoms with Crippen molar-refractivity contribution in [2.24, 2.45) is 5.92 Å². The van der Waals surface area contributed by atoms with Crippen LogP contribution in [0.1, 0.15) is 22.5 Å². The van der Waals surface area contributed by atoms with Crippen LogP contribution in [-0.2, 0) is 0 Å². The lowest BCUT2D eigenvalue weighted by molar-refractivity contribution is 0.0949. The number of hydrogen-bond donors (Lipinski definition) is 2. The molecule has 7 heteroatoms. The van der Waals surface area contributed by atoms with E-state index >= 15 is 0 Å². The molecule has 0 saturated carbocycles. The maximum Gasteiger partial charge on any atom is 0.261 e. The molecule has 2 aromatic heterocycles. The summed E-state index contributed by atoms with van der Waals surface area (Å²) in [7, 11) is 0. The minimum Gasteiger partial charge on any atom is -0.384 e. The van der Waals surface area contributed by atoms with E-state index in [4.69, 9.17) is 5.73 Å². The van der Waals surface area contributed by atoms with Crippen molar-refractivity contribution in [3.8, 4) is 0 Å². The molecular formula is C15H19N5OS. The molecule has 1 saturated heterocycles. The molecule has 1 atom stereocenters. The van der Waals surface area contributed by atoms with Crippen LogP contribution in [0.5, 0.6) is 0 Å². The first kappa shape index (κ1) is 14.8. The van der Waals surface area contributed by atoms with E-state index in [0.717, 1.165) is 30.8 Å². The van der Waals surface area contributed by atoms with E-state index in [-0.39, 0.29) is 5.91 Å². The van der Waals surface area contributed by atoms with Crippen LogP contribution in [0, 0.1) is 5.92 Å². The number of piperidine rings is 1. The van der Waals surface area contributed by atoms with Gasteiger partial charge >= 0.3 is 0 Å². The van der Waals surface area contributed by atoms with Crippen LogP contribution >= 0.6 is 11.3 Å². The van der Waals surface area contributed by atoms with Gasteiger partial charge in [0.15, 0.2) is 0 Å². The minimum absolute atomic E-state index is 0.00679. The first-order valence-electron chi connectivity index (χ1n) is 7.37. The van der Waals surface area contributed by atoms with E-state index in [1.54, 1.807) is 12.3 Å². The van der Waals surface area contributed by atoms with E-state index in [9.17, 15) is 4.79 Å². The Morgan fingerprint density at radius 1 is 1.50 bits per heavy atom. The predicted molar refractivity (Wildman–Crippen MR) is 88.0 cm³/mol. The number of hydrogen-bond acceptors (Lipinski definition) is 6. The summed E-state index contributed by atoms with van der Waals surface area (Å²) in [5, 5.41) is 4.93. The zero-order valence-electron chi connectivity index (χ0n) is 12.2. The lowest BCUT2D eigenvalue weighted by Gasteiger charge is -2.32. The van der Waals surface area contributed by atoms with Crippen LogP contribution in [0.4, 0.5) is 11.8 Å². The van der Waals surface area contributed by atoms with Crippen LogP contribution in [0.3, 0.4) is 0 Å². The van der Waals surface area contributed by atoms with Crippen LogP contribution < -0.4 is 16.0 Å². The van der Waals surface area contributed by atoms with Gasteiger partial charge in [-0.15, -0.1) is 11.3 Å². The smallest absolute Gasteiger partial charge is 0.261 e. The monoisotopic (exact) mass is 317 g/mol. The molecule has 1 aliphatic rings. The Balaban J connectivity index is 1.56. The van der Waals surface area contributed by atoms with Crippen molar-refractivity contribution < 1.29 is 4.79 Å². The topological polar surface area (TPSA) is 84.1 Å². The van der Waals surface area contributed by atoms with Gasteiger partial charge in [0.25, 0.3) is 5.91 Å². The number of nitrogens with one attached hydrogen (secondary N) is 1. The van der Waals surface area contributed by atoms with Gasteiger partial charge in [-0.3, -0.25) is 4.79 Å². The van der Waals surface area contributed by atoms with Crippen molar-refractivity contribution in [1.82, 2.24) is 15.3 Å². The fourth-order valence-corrected chi connectivity index (χ4v) is 3.30. The summed E-state index contributed by atoms with van der Waals surface area (Å²) in [4.78, 5) is 23.4. The lowest BCUT2D eigenvalue weighted by atomic mass is 9.98. The molecule has 3 heterocycles. The second-order valence-corrected chi connectivity index (χ2v) is 6.37. The van der Waals surface area contributed by atoms with Crippen molar-refractivity contribution in [2.75, 3.05) is 30.3 Å². The molecule has 6 nitrogen and oxygen atoms in total. The van der Waals surface area contributed by atoms with Gasteiger partial charge in [0, 0.05) is 25.8 Å². The summed E-state index contributed by atoms with van der Waals surface area (Å²) in [6.45, 7) is 2.45. The highest BCUT2D eigenvalue weighted by Gasteiger charge is 2.22. The third-order valence-corrected chi connectivity index (χ3v) is 4.63. The molecule has 2 aromatic rings. The van der Waals surface area contributed by atoms with Gasteiger partial charge in [-0.1, -0.05) is 6.07 Å². The van der Waals surface area contributed by atoms with Gasteiger partial charge in [0.05, 0.1) is 4.88 Å². The third-order valence-electron chi connectivity index (χ3n) is 3.76. The van der Waals surface area contributed by atoms with E-state index in [1.807, 2.05) is 17.5 Å². The number of rotatable bonds is 4. The molecule has 3 rings (SSSR count). The summed E-state index contributed by atoms with van der Waals surface area (Å²) in [5.41, 5.74) is 5.72. The maximum absolute atomic E-state index is 12.0. The molecule has 1 unspecified atom stereocenters. The number of anilines is 2. The Hall–Kier alpha value is -2.15. The number of nitrogens with two attached hydrogens (primary N) is 1. The van der Waals surface area contributed by atoms with Gasteiger partial charge in [-0.2, -0.15) is 4.98 Å². The Morgan fingerprint density at radius 3 is 3.18 bits per heavy atom. The number of thiophene rings is 1. The normalized spacial score (nSPS) is 18.2. The molecule has 3 N–H and O–H groups in total. The van der Waals surface area contributed by atoms with Crippen molar-refractivity contribution in [3.63, 3.8) is 0 Å². The van der Waals surface area contributed by atoms with E-state index in [2.05, 4.69) is 20.2 Å². The fourth-order valence-electron chi connectivity index (χ4n) is 2.66. The number of nitrogens with zero attached hydrogens (tertiary/aromatic N) is 3. The van der Waals surface area contributed by atoms with Gasteiger partial charge in [0.1, 0.15) is 5.82 Å². The minimum atomic E-state index is 0.00679. The Labute approximate surface area is 133 Å². The average molecular weight is 317 g/mol. The molecule has 0 radical (unpaired) electrons. The zero-order chi connectivity index (χ0) is 15.4. The highest BCUT2D eigenvalue weighted by molar-refractivity contribution is 7.12. The second-order valence-electron chi connectivity index (χ2n) is 5.42. The summed E-state index contributed by atoms with van der Waals surface area (Å²) in [6.07, 6.45) is 3.85. The molecule has 1 aliphatic heterocycles. The standard InChI is InChI=1S/C15H19N5OS/c16-13-5-6-17-15(19-13)20-7-1-3-11(10-20)9-18-14(21)12-4-2-8-22-12/h2,4-6,8,11H,1,3,7,9-10H2,(H,18,21)(H2,16,17,19). The first-order chi connectivity index (χ1) is 10.7. The first-order valence-corrected chi connectivity index (χ1v) is 8.25. The summed E-state index contributed by atoms with van der Waals surface area (Å²) in [6, 6.07) is 5.42. The quantitative estimate of drug-likeness (QED) is 0.898. The van der Waals surface area contributed by atoms with Crippen molar-refractivity contribution >= 4 is 29.0 Å². The van der Waals surface area contributed by atoms with Crippen LogP contribution in [-0.4, -0.2) is 35.5 Å². The molecular weight excluding hydrogens is 298 g/mol. The molecule has 1 fully saturated rings. The predicted octanol–water partition coefficient (Wildman–Crippen LogP) is 1.77. The molecule has 0 bridgehead atoms. The zero-order valence-corrected chi connectivity index (χ0v) is 13.1. The highest BCUT2D eigenvalue weighted by atomic mass is 32.1. The highest BCUT2D eigenvalue weighted by Crippen LogP contribution is 2.20. The molecule has 1 amide bonds. The molecule has 22 heavy (non-hydrogen) atoms. The SMILES string of the molecule is Nc1ccnc(N2CCCC(CNC(=O)c3cccs3)C2)n1. The third kappa shape index (κ3) is 3.54. The second kappa shape index (κ2) is 6.74. The molecule has 0 aromatic carbocycles. The van der Waals surface area contributed by atoms with Gasteiger partial charge in [0.2, 0.25) is 5.95 Å². The number of carbonyl (C=O) groups excluding carboxylic acids is 1. The van der Waals surface area contributed by atoms with Crippen LogP contribution in [0.2, 0.25) is 0 Å². The van der Waals surface area contributed by atoms with Gasteiger partial charge in [-0.05, 0) is 36.3 Å². The number of amides is 1. The van der Waals surface area contributed by atoms with E-state index < -0.39 is 0 Å². The lowest BCUT2D eigenvalue weighted by Crippen LogP contribution is -2.41. The van der Waals surface area contributed by atoms with Crippen molar-refractivity contribution in [2.45, 2.75) is 12.8 Å². The van der Waals surface area contributed by atoms with Crippen molar-refractivity contribution in [1.29, 1.82) is 0 Å². The average Bonchev–Trinajstić information content (AvgIpc) is 3.07. The van der Waals surface area contributed by atoms with Gasteiger partial charge in [-0.25, -0.2) is 4.98 Å². The van der Waals surface area contributed by atoms with E-state index in [0.29, 0.717) is 24.2 Å². The van der Waals surface area contributed by atoms with Crippen LogP contribution in [0.15, 0.2) is 29.8 Å². The largest absolute Gasteiger partial charge is 0.384 e. The van der Waals surface area contributed by atoms with Crippen LogP contribution in [0.25, 0.3) is 0 Å². The Kier molecular flexibility index (Phi) is 4.53. The maximum atomic E-state index is 12.0. The van der Waals surface area contributed by atoms with Crippen molar-refractivity contribution in [3.05, 3.63) is 34.7 Å². The number of carbonyl (C=O) groups is 1. The summed E-state index contributed by atoms with van der Waals surface area (Å²) < 4.78 is 0. The Morgan fingerprint density at radius 2 is 2.41 bits per heavy atom.